The van der Waals surface area contributed by atoms with Crippen LogP contribution in [-0.4, -0.2) is 50.5 Å². The van der Waals surface area contributed by atoms with Gasteiger partial charge in [-0.3, -0.25) is 0 Å². The van der Waals surface area contributed by atoms with Crippen molar-refractivity contribution < 1.29 is 9.84 Å². The zero-order valence-electron chi connectivity index (χ0n) is 6.63. The van der Waals surface area contributed by atoms with Gasteiger partial charge in [-0.2, -0.15) is 0 Å². The van der Waals surface area contributed by atoms with Crippen LogP contribution in [0.1, 0.15) is 0 Å². The maximum atomic E-state index is 8.98. The van der Waals surface area contributed by atoms with Crippen LogP contribution in [0.2, 0.25) is 0 Å². The van der Waals surface area contributed by atoms with Crippen LogP contribution in [0.15, 0.2) is 0 Å². The van der Waals surface area contributed by atoms with Gasteiger partial charge in [0.2, 0.25) is 0 Å². The van der Waals surface area contributed by atoms with E-state index in [1.807, 2.05) is 7.05 Å². The number of hydrogen-bond donors (Lipinski definition) is 1. The van der Waals surface area contributed by atoms with Crippen LogP contribution in [-0.2, 0) is 4.74 Å². The van der Waals surface area contributed by atoms with Gasteiger partial charge in [0.25, 0.3) is 0 Å². The van der Waals surface area contributed by atoms with Gasteiger partial charge in [-0.25, -0.2) is 0 Å². The molecule has 0 unspecified atom stereocenters. The van der Waals surface area contributed by atoms with Gasteiger partial charge in [-0.05, 0) is 7.05 Å². The third-order valence-electron chi connectivity index (χ3n) is 2.00. The molecule has 3 nitrogen and oxygen atoms in total. The fourth-order valence-electron chi connectivity index (χ4n) is 1.64. The number of rotatable bonds is 3. The molecule has 1 aliphatic rings. The van der Waals surface area contributed by atoms with E-state index in [1.165, 1.54) is 0 Å². The summed E-state index contributed by atoms with van der Waals surface area (Å²) in [4.78, 5) is 2.18. The van der Waals surface area contributed by atoms with Crippen LogP contribution >= 0.6 is 0 Å². The van der Waals surface area contributed by atoms with Crippen molar-refractivity contribution in [3.05, 3.63) is 0 Å². The largest absolute Gasteiger partial charge is 0.396 e. The van der Waals surface area contributed by atoms with Gasteiger partial charge >= 0.3 is 0 Å². The summed E-state index contributed by atoms with van der Waals surface area (Å²) < 4.78 is 5.00. The molecule has 0 atom stereocenters. The van der Waals surface area contributed by atoms with Crippen LogP contribution in [0.25, 0.3) is 0 Å². The van der Waals surface area contributed by atoms with Crippen LogP contribution in [0.5, 0.6) is 0 Å². The second-order valence-electron chi connectivity index (χ2n) is 3.26. The van der Waals surface area contributed by atoms with Crippen molar-refractivity contribution in [1.29, 1.82) is 0 Å². The Morgan fingerprint density at radius 1 is 1.60 bits per heavy atom. The van der Waals surface area contributed by atoms with Gasteiger partial charge in [-0.15, -0.1) is 0 Å². The van der Waals surface area contributed by atoms with E-state index in [0.717, 1.165) is 13.1 Å². The molecule has 0 radical (unpaired) electrons. The van der Waals surface area contributed by atoms with Crippen molar-refractivity contribution in [2.75, 3.05) is 40.5 Å². The number of ether oxygens (including phenoxy) is 1. The van der Waals surface area contributed by atoms with E-state index in [9.17, 15) is 0 Å². The zero-order valence-corrected chi connectivity index (χ0v) is 6.63. The highest BCUT2D eigenvalue weighted by Gasteiger charge is 2.40. The molecular weight excluding hydrogens is 130 g/mol. The smallest absolute Gasteiger partial charge is 0.0565 e. The molecule has 3 heteroatoms. The minimum absolute atomic E-state index is 0.0451. The fourth-order valence-corrected chi connectivity index (χ4v) is 1.64. The Bertz CT molecular complexity index is 105. The molecule has 1 saturated heterocycles. The van der Waals surface area contributed by atoms with Gasteiger partial charge < -0.3 is 14.7 Å². The lowest BCUT2D eigenvalue weighted by atomic mass is 9.82. The quantitative estimate of drug-likeness (QED) is 0.584. The first-order chi connectivity index (χ1) is 4.72. The monoisotopic (exact) mass is 145 g/mol. The van der Waals surface area contributed by atoms with Gasteiger partial charge in [0, 0.05) is 25.6 Å². The fraction of sp³-hybridized carbons (Fsp3) is 1.00. The predicted octanol–water partition coefficient (Wildman–Crippen LogP) is -0.443. The van der Waals surface area contributed by atoms with E-state index in [4.69, 9.17) is 9.84 Å². The summed E-state index contributed by atoms with van der Waals surface area (Å²) in [5.41, 5.74) is 0.0451. The Kier molecular flexibility index (Phi) is 2.28. The molecule has 1 heterocycles. The lowest BCUT2D eigenvalue weighted by molar-refractivity contribution is -0.0734. The topological polar surface area (TPSA) is 32.7 Å². The van der Waals surface area contributed by atoms with Gasteiger partial charge in [-0.1, -0.05) is 0 Å². The van der Waals surface area contributed by atoms with E-state index >= 15 is 0 Å². The second-order valence-corrected chi connectivity index (χ2v) is 3.26. The Balaban J connectivity index is 2.32. The van der Waals surface area contributed by atoms with Gasteiger partial charge in [0.15, 0.2) is 0 Å². The molecule has 0 bridgehead atoms. The van der Waals surface area contributed by atoms with Crippen molar-refractivity contribution in [3.63, 3.8) is 0 Å². The van der Waals surface area contributed by atoms with E-state index < -0.39 is 0 Å². The SMILES string of the molecule is COCC1(CO)CN(C)C1. The van der Waals surface area contributed by atoms with Crippen molar-refractivity contribution >= 4 is 0 Å². The molecule has 1 N–H and O–H groups in total. The van der Waals surface area contributed by atoms with E-state index in [1.54, 1.807) is 7.11 Å². The number of methoxy groups -OCH3 is 1. The molecule has 0 saturated carbocycles. The number of aliphatic hydroxyl groups excluding tert-OH is 1. The summed E-state index contributed by atoms with van der Waals surface area (Å²) in [5.74, 6) is 0. The van der Waals surface area contributed by atoms with E-state index in [2.05, 4.69) is 4.90 Å². The maximum absolute atomic E-state index is 8.98. The van der Waals surface area contributed by atoms with Crippen LogP contribution in [0.4, 0.5) is 0 Å². The minimum atomic E-state index is 0.0451. The molecule has 10 heavy (non-hydrogen) atoms. The second kappa shape index (κ2) is 2.86. The predicted molar refractivity (Wildman–Crippen MR) is 38.9 cm³/mol. The van der Waals surface area contributed by atoms with Crippen molar-refractivity contribution in [3.8, 4) is 0 Å². The molecule has 0 aliphatic carbocycles. The molecule has 0 aromatic heterocycles. The first-order valence-electron chi connectivity index (χ1n) is 3.51. The summed E-state index contributed by atoms with van der Waals surface area (Å²) in [5, 5.41) is 8.98. The highest BCUT2D eigenvalue weighted by Crippen LogP contribution is 2.28. The molecule has 1 fully saturated rings. The lowest BCUT2D eigenvalue weighted by Gasteiger charge is -2.46. The third-order valence-corrected chi connectivity index (χ3v) is 2.00. The standard InChI is InChI=1S/C7H15NO2/c1-8-3-7(4-8,5-9)6-10-2/h9H,3-6H2,1-2H3. The van der Waals surface area contributed by atoms with E-state index in [0.29, 0.717) is 6.61 Å². The van der Waals surface area contributed by atoms with Crippen LogP contribution in [0, 0.1) is 5.41 Å². The summed E-state index contributed by atoms with van der Waals surface area (Å²) in [6, 6.07) is 0. The van der Waals surface area contributed by atoms with Crippen LogP contribution in [0.3, 0.4) is 0 Å². The van der Waals surface area contributed by atoms with Crippen molar-refractivity contribution in [2.45, 2.75) is 0 Å². The van der Waals surface area contributed by atoms with Crippen LogP contribution < -0.4 is 0 Å². The molecular formula is C7H15NO2. The lowest BCUT2D eigenvalue weighted by Crippen LogP contribution is -2.58. The molecule has 1 rings (SSSR count). The highest BCUT2D eigenvalue weighted by molar-refractivity contribution is 4.92. The first-order valence-corrected chi connectivity index (χ1v) is 3.51. The average Bonchev–Trinajstić information content (AvgIpc) is 1.84. The summed E-state index contributed by atoms with van der Waals surface area (Å²) in [6.45, 7) is 2.83. The number of aliphatic hydroxyl groups is 1. The molecule has 60 valence electrons. The first kappa shape index (κ1) is 7.98. The summed E-state index contributed by atoms with van der Waals surface area (Å²) in [7, 11) is 3.72. The number of hydrogen-bond acceptors (Lipinski definition) is 3. The third kappa shape index (κ3) is 1.31. The molecule has 0 spiro atoms. The summed E-state index contributed by atoms with van der Waals surface area (Å²) in [6.07, 6.45) is 0. The minimum Gasteiger partial charge on any atom is -0.396 e. The highest BCUT2D eigenvalue weighted by atomic mass is 16.5. The average molecular weight is 145 g/mol. The number of nitrogens with zero attached hydrogens (tertiary/aromatic N) is 1. The molecule has 0 aromatic rings. The maximum Gasteiger partial charge on any atom is 0.0565 e. The van der Waals surface area contributed by atoms with Gasteiger partial charge in [0.1, 0.15) is 0 Å². The van der Waals surface area contributed by atoms with E-state index in [-0.39, 0.29) is 12.0 Å². The Morgan fingerprint density at radius 3 is 2.50 bits per heavy atom. The molecule has 1 aliphatic heterocycles. The van der Waals surface area contributed by atoms with Gasteiger partial charge in [0.05, 0.1) is 13.2 Å². The normalized spacial score (nSPS) is 24.3. The zero-order chi connectivity index (χ0) is 7.61. The number of likely N-dealkylation sites (tertiary alicyclic amines) is 1. The Hall–Kier alpha value is -0.120. The summed E-state index contributed by atoms with van der Waals surface area (Å²) >= 11 is 0. The van der Waals surface area contributed by atoms with Crippen molar-refractivity contribution in [1.82, 2.24) is 4.90 Å². The molecule has 0 amide bonds. The van der Waals surface area contributed by atoms with Crippen molar-refractivity contribution in [2.24, 2.45) is 5.41 Å². The Labute approximate surface area is 61.6 Å². The Morgan fingerprint density at radius 2 is 2.20 bits per heavy atom. The molecule has 0 aromatic carbocycles.